The number of benzene rings is 1. The van der Waals surface area contributed by atoms with Crippen LogP contribution in [-0.4, -0.2) is 30.7 Å². The number of primary amides is 1. The molecule has 4 N–H and O–H groups in total. The molecular weight excluding hydrogens is 266 g/mol. The Morgan fingerprint density at radius 1 is 1.55 bits per heavy atom. The molecule has 106 valence electrons. The Morgan fingerprint density at radius 3 is 2.80 bits per heavy atom. The van der Waals surface area contributed by atoms with Crippen LogP contribution in [0.1, 0.15) is 5.56 Å². The summed E-state index contributed by atoms with van der Waals surface area (Å²) in [7, 11) is -1.61. The van der Waals surface area contributed by atoms with Gasteiger partial charge in [0.1, 0.15) is 5.82 Å². The number of nitrogens with two attached hydrogens (primary N) is 1. The fourth-order valence-electron chi connectivity index (χ4n) is 1.49. The minimum Gasteiger partial charge on any atom is -0.489 e. The maximum absolute atomic E-state index is 13.7. The van der Waals surface area contributed by atoms with Gasteiger partial charge in [0.05, 0.1) is 0 Å². The minimum atomic E-state index is -1.61. The van der Waals surface area contributed by atoms with E-state index in [0.717, 1.165) is 12.1 Å². The average Bonchev–Trinajstić information content (AvgIpc) is 2.39. The van der Waals surface area contributed by atoms with Gasteiger partial charge in [0.15, 0.2) is 0 Å². The van der Waals surface area contributed by atoms with Crippen molar-refractivity contribution >= 4 is 24.6 Å². The van der Waals surface area contributed by atoms with Crippen LogP contribution in [-0.2, 0) is 15.9 Å². The minimum absolute atomic E-state index is 0.0696. The van der Waals surface area contributed by atoms with E-state index in [2.05, 4.69) is 16.6 Å². The number of carbonyl (C=O) groups excluding carboxylic acids is 2. The average molecular weight is 280 g/mol. The number of amides is 2. The van der Waals surface area contributed by atoms with Crippen molar-refractivity contribution < 1.29 is 23.7 Å². The Bertz CT molecular complexity index is 524. The Labute approximate surface area is 115 Å². The highest BCUT2D eigenvalue weighted by atomic mass is 19.1. The van der Waals surface area contributed by atoms with Gasteiger partial charge in [-0.1, -0.05) is 18.7 Å². The predicted octanol–water partition coefficient (Wildman–Crippen LogP) is -0.547. The number of hydrogen-bond donors (Lipinski definition) is 3. The Balaban J connectivity index is 2.65. The van der Waals surface area contributed by atoms with Crippen LogP contribution in [0.2, 0.25) is 0 Å². The van der Waals surface area contributed by atoms with E-state index in [1.807, 2.05) is 0 Å². The summed E-state index contributed by atoms with van der Waals surface area (Å²) in [5.74, 6) is -0.921. The zero-order valence-electron chi connectivity index (χ0n) is 10.6. The molecule has 1 rings (SSSR count). The van der Waals surface area contributed by atoms with E-state index < -0.39 is 19.0 Å². The van der Waals surface area contributed by atoms with Gasteiger partial charge in [0, 0.05) is 6.54 Å². The van der Waals surface area contributed by atoms with Gasteiger partial charge in [-0.3, -0.25) is 4.79 Å². The standard InChI is InChI=1S/C12H14BFN2O4/c1-2-11(17)16-6-5-8-3-4-9(7-10(8)14)13(19)20-12(15)18/h2-4,7,19H,1,5-6H2,(H2,15,18)(H,16,17). The third kappa shape index (κ3) is 4.73. The first-order chi connectivity index (χ1) is 9.43. The molecule has 1 aromatic rings. The smallest absolute Gasteiger partial charge is 0.489 e. The maximum atomic E-state index is 13.7. The summed E-state index contributed by atoms with van der Waals surface area (Å²) in [5.41, 5.74) is 5.16. The van der Waals surface area contributed by atoms with Crippen LogP contribution in [0.4, 0.5) is 9.18 Å². The molecule has 0 bridgehead atoms. The first-order valence-corrected chi connectivity index (χ1v) is 5.76. The molecular formula is C12H14BFN2O4. The second-order valence-electron chi connectivity index (χ2n) is 3.89. The van der Waals surface area contributed by atoms with Crippen molar-refractivity contribution in [2.75, 3.05) is 6.54 Å². The lowest BCUT2D eigenvalue weighted by atomic mass is 9.79. The van der Waals surface area contributed by atoms with Crippen LogP contribution >= 0.6 is 0 Å². The van der Waals surface area contributed by atoms with Gasteiger partial charge in [-0.25, -0.2) is 9.18 Å². The lowest BCUT2D eigenvalue weighted by Crippen LogP contribution is -2.38. The molecule has 0 radical (unpaired) electrons. The molecule has 0 atom stereocenters. The second-order valence-corrected chi connectivity index (χ2v) is 3.89. The molecule has 0 aliphatic heterocycles. The number of carbonyl (C=O) groups is 2. The fourth-order valence-corrected chi connectivity index (χ4v) is 1.49. The Kier molecular flexibility index (Phi) is 5.73. The summed E-state index contributed by atoms with van der Waals surface area (Å²) < 4.78 is 18.1. The van der Waals surface area contributed by atoms with Crippen molar-refractivity contribution in [2.24, 2.45) is 5.73 Å². The van der Waals surface area contributed by atoms with Crippen LogP contribution in [0.3, 0.4) is 0 Å². The molecule has 0 saturated heterocycles. The number of hydrogen-bond acceptors (Lipinski definition) is 4. The van der Waals surface area contributed by atoms with Crippen LogP contribution in [0.15, 0.2) is 30.9 Å². The Morgan fingerprint density at radius 2 is 2.25 bits per heavy atom. The van der Waals surface area contributed by atoms with E-state index in [0.29, 0.717) is 5.56 Å². The van der Waals surface area contributed by atoms with Crippen LogP contribution in [0.25, 0.3) is 0 Å². The highest BCUT2D eigenvalue weighted by Gasteiger charge is 2.21. The van der Waals surface area contributed by atoms with Crippen molar-refractivity contribution in [3.05, 3.63) is 42.2 Å². The number of rotatable bonds is 6. The molecule has 6 nitrogen and oxygen atoms in total. The molecule has 0 heterocycles. The summed E-state index contributed by atoms with van der Waals surface area (Å²) >= 11 is 0. The van der Waals surface area contributed by atoms with Crippen molar-refractivity contribution in [3.8, 4) is 0 Å². The van der Waals surface area contributed by atoms with Gasteiger partial charge in [0.2, 0.25) is 5.91 Å². The summed E-state index contributed by atoms with van der Waals surface area (Å²) in [5, 5.41) is 11.9. The SMILES string of the molecule is C=CC(=O)NCCc1ccc(B(O)OC(N)=O)cc1F. The van der Waals surface area contributed by atoms with Crippen molar-refractivity contribution in [1.29, 1.82) is 0 Å². The molecule has 2 amide bonds. The summed E-state index contributed by atoms with van der Waals surface area (Å²) in [6.07, 6.45) is 0.240. The van der Waals surface area contributed by atoms with E-state index in [9.17, 15) is 19.0 Å². The quantitative estimate of drug-likeness (QED) is 0.480. The zero-order chi connectivity index (χ0) is 15.1. The van der Waals surface area contributed by atoms with E-state index in [4.69, 9.17) is 5.73 Å². The van der Waals surface area contributed by atoms with Gasteiger partial charge in [-0.2, -0.15) is 0 Å². The van der Waals surface area contributed by atoms with Crippen molar-refractivity contribution in [1.82, 2.24) is 5.32 Å². The first-order valence-electron chi connectivity index (χ1n) is 5.76. The van der Waals surface area contributed by atoms with Gasteiger partial charge in [-0.15, -0.1) is 0 Å². The monoisotopic (exact) mass is 280 g/mol. The van der Waals surface area contributed by atoms with Crippen LogP contribution in [0.5, 0.6) is 0 Å². The van der Waals surface area contributed by atoms with Gasteiger partial charge >= 0.3 is 13.2 Å². The molecule has 0 saturated carbocycles. The van der Waals surface area contributed by atoms with Gasteiger partial charge < -0.3 is 20.7 Å². The third-order valence-corrected chi connectivity index (χ3v) is 2.47. The molecule has 0 spiro atoms. The largest absolute Gasteiger partial charge is 0.563 e. The van der Waals surface area contributed by atoms with E-state index in [1.54, 1.807) is 0 Å². The summed E-state index contributed by atoms with van der Waals surface area (Å²) in [6, 6.07) is 3.87. The topological polar surface area (TPSA) is 102 Å². The molecule has 0 aromatic heterocycles. The first kappa shape index (κ1) is 15.7. The van der Waals surface area contributed by atoms with E-state index in [1.165, 1.54) is 12.1 Å². The lowest BCUT2D eigenvalue weighted by molar-refractivity contribution is -0.116. The number of nitrogens with one attached hydrogen (secondary N) is 1. The van der Waals surface area contributed by atoms with E-state index in [-0.39, 0.29) is 24.3 Å². The lowest BCUT2D eigenvalue weighted by Gasteiger charge is -2.09. The third-order valence-electron chi connectivity index (χ3n) is 2.47. The van der Waals surface area contributed by atoms with Crippen LogP contribution < -0.4 is 16.5 Å². The molecule has 20 heavy (non-hydrogen) atoms. The summed E-state index contributed by atoms with van der Waals surface area (Å²) in [4.78, 5) is 21.4. The maximum Gasteiger partial charge on any atom is 0.563 e. The molecule has 0 aliphatic rings. The zero-order valence-corrected chi connectivity index (χ0v) is 10.6. The molecule has 0 aliphatic carbocycles. The Hall–Kier alpha value is -2.35. The van der Waals surface area contributed by atoms with Crippen molar-refractivity contribution in [2.45, 2.75) is 6.42 Å². The highest BCUT2D eigenvalue weighted by Crippen LogP contribution is 2.06. The fraction of sp³-hybridized carbons (Fsp3) is 0.167. The highest BCUT2D eigenvalue weighted by molar-refractivity contribution is 6.61. The van der Waals surface area contributed by atoms with Gasteiger partial charge in [-0.05, 0) is 29.6 Å². The van der Waals surface area contributed by atoms with E-state index >= 15 is 0 Å². The van der Waals surface area contributed by atoms with Gasteiger partial charge in [0.25, 0.3) is 0 Å². The summed E-state index contributed by atoms with van der Waals surface area (Å²) in [6.45, 7) is 3.54. The predicted molar refractivity (Wildman–Crippen MR) is 71.6 cm³/mol. The normalized spacial score (nSPS) is 9.70. The molecule has 8 heteroatoms. The number of halogens is 1. The molecule has 0 unspecified atom stereocenters. The van der Waals surface area contributed by atoms with Crippen molar-refractivity contribution in [3.63, 3.8) is 0 Å². The molecule has 0 fully saturated rings. The van der Waals surface area contributed by atoms with Crippen LogP contribution in [0, 0.1) is 5.82 Å². The second kappa shape index (κ2) is 7.29. The molecule has 1 aromatic carbocycles.